The van der Waals surface area contributed by atoms with E-state index in [1.54, 1.807) is 7.11 Å². The molecule has 0 saturated carbocycles. The molecule has 0 amide bonds. The Morgan fingerprint density at radius 1 is 1.00 bits per heavy atom. The molecule has 0 unspecified atom stereocenters. The lowest BCUT2D eigenvalue weighted by Crippen LogP contribution is -2.47. The molecule has 1 aromatic heterocycles. The first-order valence-electron chi connectivity index (χ1n) is 7.54. The highest BCUT2D eigenvalue weighted by atomic mass is 16.5. The van der Waals surface area contributed by atoms with E-state index in [0.717, 1.165) is 18.8 Å². The van der Waals surface area contributed by atoms with Gasteiger partial charge in [0.1, 0.15) is 11.3 Å². The quantitative estimate of drug-likeness (QED) is 0.658. The van der Waals surface area contributed by atoms with Crippen LogP contribution < -0.4 is 9.42 Å². The van der Waals surface area contributed by atoms with Crippen molar-refractivity contribution in [1.82, 2.24) is 4.68 Å². The van der Waals surface area contributed by atoms with Crippen molar-refractivity contribution in [1.29, 1.82) is 0 Å². The lowest BCUT2D eigenvalue weighted by atomic mass is 10.1. The number of aromatic nitrogens is 2. The van der Waals surface area contributed by atoms with E-state index in [1.807, 2.05) is 12.1 Å². The number of para-hydroxylation sites is 1. The van der Waals surface area contributed by atoms with Gasteiger partial charge in [0.15, 0.2) is 6.54 Å². The highest BCUT2D eigenvalue weighted by molar-refractivity contribution is 5.91. The zero-order chi connectivity index (χ0) is 14.2. The van der Waals surface area contributed by atoms with Gasteiger partial charge in [-0.2, -0.15) is 4.68 Å². The molecule has 3 nitrogen and oxygen atoms in total. The average molecular weight is 279 g/mol. The molecule has 0 saturated heterocycles. The summed E-state index contributed by atoms with van der Waals surface area (Å²) in [5.41, 5.74) is 3.92. The van der Waals surface area contributed by atoms with Gasteiger partial charge in [-0.25, -0.2) is 0 Å². The van der Waals surface area contributed by atoms with Gasteiger partial charge in [-0.3, -0.25) is 0 Å². The van der Waals surface area contributed by atoms with Crippen LogP contribution in [0.25, 0.3) is 22.2 Å². The highest BCUT2D eigenvalue weighted by Crippen LogP contribution is 2.29. The Morgan fingerprint density at radius 3 is 2.62 bits per heavy atom. The fourth-order valence-electron chi connectivity index (χ4n) is 3.34. The van der Waals surface area contributed by atoms with Crippen LogP contribution in [-0.4, -0.2) is 11.8 Å². The summed E-state index contributed by atoms with van der Waals surface area (Å²) in [6, 6.07) is 17.1. The summed E-state index contributed by atoms with van der Waals surface area (Å²) in [4.78, 5) is 0. The van der Waals surface area contributed by atoms with Crippen molar-refractivity contribution in [3.63, 3.8) is 0 Å². The number of ether oxygens (including phenoxy) is 1. The Labute approximate surface area is 124 Å². The minimum absolute atomic E-state index is 0.904. The maximum Gasteiger partial charge on any atom is 0.246 e. The average Bonchev–Trinajstić information content (AvgIpc) is 2.90. The van der Waals surface area contributed by atoms with Crippen LogP contribution in [0.1, 0.15) is 12.8 Å². The Hall–Kier alpha value is -2.29. The summed E-state index contributed by atoms with van der Waals surface area (Å²) in [7, 11) is 1.71. The molecule has 0 radical (unpaired) electrons. The van der Waals surface area contributed by atoms with Gasteiger partial charge in [0.2, 0.25) is 5.69 Å². The third-order valence-corrected chi connectivity index (χ3v) is 4.34. The van der Waals surface area contributed by atoms with Gasteiger partial charge in [-0.1, -0.05) is 12.1 Å². The van der Waals surface area contributed by atoms with Crippen molar-refractivity contribution in [3.05, 3.63) is 48.5 Å². The minimum Gasteiger partial charge on any atom is -0.497 e. The number of nitrogens with zero attached hydrogens (tertiary/aromatic N) is 2. The van der Waals surface area contributed by atoms with Crippen molar-refractivity contribution < 1.29 is 9.42 Å². The molecule has 3 heteroatoms. The van der Waals surface area contributed by atoms with Crippen molar-refractivity contribution in [2.24, 2.45) is 0 Å². The number of hydrogen-bond acceptors (Lipinski definition) is 1. The molecule has 1 aliphatic heterocycles. The maximum absolute atomic E-state index is 5.27. The third kappa shape index (κ3) is 1.92. The molecule has 3 aromatic rings. The summed E-state index contributed by atoms with van der Waals surface area (Å²) in [5, 5.41) is 1.34. The first-order valence-corrected chi connectivity index (χ1v) is 7.54. The molecular formula is C18H19N2O+. The molecule has 0 aliphatic carbocycles. The number of hydrogen-bond donors (Lipinski definition) is 0. The Morgan fingerprint density at radius 2 is 1.81 bits per heavy atom. The first kappa shape index (κ1) is 12.5. The summed E-state index contributed by atoms with van der Waals surface area (Å²) in [6.07, 6.45) is 2.52. The van der Waals surface area contributed by atoms with Crippen molar-refractivity contribution >= 4 is 10.9 Å². The highest BCUT2D eigenvalue weighted by Gasteiger charge is 2.27. The molecule has 0 N–H and O–H groups in total. The van der Waals surface area contributed by atoms with Gasteiger partial charge in [-0.05, 0) is 42.8 Å². The molecular weight excluding hydrogens is 260 g/mol. The lowest BCUT2D eigenvalue weighted by molar-refractivity contribution is -0.770. The fourth-order valence-corrected chi connectivity index (χ4v) is 3.34. The van der Waals surface area contributed by atoms with Crippen molar-refractivity contribution in [2.75, 3.05) is 7.11 Å². The molecule has 4 rings (SSSR count). The number of benzene rings is 2. The Balaban J connectivity index is 1.98. The zero-order valence-corrected chi connectivity index (χ0v) is 12.2. The van der Waals surface area contributed by atoms with E-state index in [0.29, 0.717) is 0 Å². The molecule has 2 heterocycles. The molecule has 0 atom stereocenters. The van der Waals surface area contributed by atoms with E-state index in [9.17, 15) is 0 Å². The molecule has 2 aromatic carbocycles. The first-order chi connectivity index (χ1) is 10.4. The molecule has 0 fully saturated rings. The SMILES string of the molecule is COc1ccc(-c2c3ccccc3n3[n+]2CCCC3)cc1. The van der Waals surface area contributed by atoms with Gasteiger partial charge in [0.05, 0.1) is 19.0 Å². The number of methoxy groups -OCH3 is 1. The third-order valence-electron chi connectivity index (χ3n) is 4.34. The summed E-state index contributed by atoms with van der Waals surface area (Å²) in [6.45, 7) is 2.20. The van der Waals surface area contributed by atoms with Gasteiger partial charge in [0.25, 0.3) is 0 Å². The van der Waals surface area contributed by atoms with Crippen LogP contribution in [0.3, 0.4) is 0 Å². The van der Waals surface area contributed by atoms with Gasteiger partial charge >= 0.3 is 0 Å². The molecule has 0 bridgehead atoms. The number of aryl methyl sites for hydroxylation is 1. The molecule has 0 spiro atoms. The van der Waals surface area contributed by atoms with E-state index >= 15 is 0 Å². The minimum atomic E-state index is 0.904. The molecule has 106 valence electrons. The van der Waals surface area contributed by atoms with Gasteiger partial charge in [0, 0.05) is 12.0 Å². The second kappa shape index (κ2) is 4.92. The van der Waals surface area contributed by atoms with Crippen LogP contribution in [-0.2, 0) is 13.1 Å². The molecule has 1 aliphatic rings. The number of fused-ring (bicyclic) bond motifs is 3. The summed E-state index contributed by atoms with van der Waals surface area (Å²) in [5.74, 6) is 0.904. The molecule has 21 heavy (non-hydrogen) atoms. The van der Waals surface area contributed by atoms with Gasteiger partial charge < -0.3 is 4.74 Å². The zero-order valence-electron chi connectivity index (χ0n) is 12.2. The van der Waals surface area contributed by atoms with E-state index in [-0.39, 0.29) is 0 Å². The predicted octanol–water partition coefficient (Wildman–Crippen LogP) is 3.40. The van der Waals surface area contributed by atoms with Crippen LogP contribution in [0.4, 0.5) is 0 Å². The smallest absolute Gasteiger partial charge is 0.246 e. The second-order valence-corrected chi connectivity index (χ2v) is 5.55. The maximum atomic E-state index is 5.27. The Bertz CT molecular complexity index is 787. The van der Waals surface area contributed by atoms with Crippen molar-refractivity contribution in [2.45, 2.75) is 25.9 Å². The summed E-state index contributed by atoms with van der Waals surface area (Å²) < 4.78 is 10.1. The fraction of sp³-hybridized carbons (Fsp3) is 0.278. The largest absolute Gasteiger partial charge is 0.497 e. The monoisotopic (exact) mass is 279 g/mol. The van der Waals surface area contributed by atoms with E-state index < -0.39 is 0 Å². The van der Waals surface area contributed by atoms with E-state index in [1.165, 1.54) is 35.0 Å². The lowest BCUT2D eigenvalue weighted by Gasteiger charge is -2.10. The number of rotatable bonds is 2. The predicted molar refractivity (Wildman–Crippen MR) is 83.4 cm³/mol. The topological polar surface area (TPSA) is 18.0 Å². The van der Waals surface area contributed by atoms with Crippen LogP contribution in [0.15, 0.2) is 48.5 Å². The standard InChI is InChI=1S/C18H19N2O/c1-21-15-10-8-14(9-11-15)18-16-6-2-3-7-17(16)19-12-4-5-13-20(18)19/h2-3,6-11H,4-5,12-13H2,1H3/q+1. The van der Waals surface area contributed by atoms with Crippen LogP contribution in [0, 0.1) is 0 Å². The van der Waals surface area contributed by atoms with E-state index in [4.69, 9.17) is 4.74 Å². The second-order valence-electron chi connectivity index (χ2n) is 5.55. The van der Waals surface area contributed by atoms with Crippen LogP contribution in [0.5, 0.6) is 5.75 Å². The van der Waals surface area contributed by atoms with Gasteiger partial charge in [-0.15, -0.1) is 4.68 Å². The van der Waals surface area contributed by atoms with Crippen LogP contribution >= 0.6 is 0 Å². The van der Waals surface area contributed by atoms with Crippen molar-refractivity contribution in [3.8, 4) is 17.0 Å². The summed E-state index contributed by atoms with van der Waals surface area (Å²) >= 11 is 0. The Kier molecular flexibility index (Phi) is 2.92. The normalized spacial score (nSPS) is 14.1. The van der Waals surface area contributed by atoms with Crippen LogP contribution in [0.2, 0.25) is 0 Å². The van der Waals surface area contributed by atoms with E-state index in [2.05, 4.69) is 45.8 Å².